The fourth-order valence-electron chi connectivity index (χ4n) is 1.56. The molecule has 2 N–H and O–H groups in total. The van der Waals surface area contributed by atoms with Gasteiger partial charge < -0.3 is 19.9 Å². The van der Waals surface area contributed by atoms with Crippen molar-refractivity contribution in [1.82, 2.24) is 15.1 Å². The molecule has 7 nitrogen and oxygen atoms in total. The Labute approximate surface area is 97.2 Å². The summed E-state index contributed by atoms with van der Waals surface area (Å²) in [7, 11) is 0. The predicted molar refractivity (Wildman–Crippen MR) is 59.7 cm³/mol. The van der Waals surface area contributed by atoms with E-state index in [-0.39, 0.29) is 6.61 Å². The molecule has 0 radical (unpaired) electrons. The van der Waals surface area contributed by atoms with E-state index in [1.807, 2.05) is 6.07 Å². The molecule has 0 saturated heterocycles. The number of hydrogen-bond acceptors (Lipinski definition) is 7. The van der Waals surface area contributed by atoms with Crippen LogP contribution in [0.1, 0.15) is 11.7 Å². The number of fused-ring (bicyclic) bond motifs is 1. The topological polar surface area (TPSA) is 85.1 Å². The molecule has 0 spiro atoms. The minimum Gasteiger partial charge on any atom is -0.467 e. The average Bonchev–Trinajstić information content (AvgIpc) is 2.94. The molecule has 0 aliphatic carbocycles. The highest BCUT2D eigenvalue weighted by atomic mass is 16.5. The summed E-state index contributed by atoms with van der Waals surface area (Å²) in [5.41, 5.74) is 0.978. The van der Waals surface area contributed by atoms with Crippen molar-refractivity contribution in [2.45, 2.75) is 13.5 Å². The molecule has 2 aromatic rings. The van der Waals surface area contributed by atoms with Crippen molar-refractivity contribution in [3.8, 4) is 5.88 Å². The molecule has 0 unspecified atom stereocenters. The van der Waals surface area contributed by atoms with Crippen LogP contribution in [0.25, 0.3) is 0 Å². The number of nitrogens with zero attached hydrogens (tertiary/aromatic N) is 3. The lowest BCUT2D eigenvalue weighted by atomic mass is 10.4. The van der Waals surface area contributed by atoms with Gasteiger partial charge in [-0.1, -0.05) is 5.16 Å². The first kappa shape index (κ1) is 9.88. The lowest BCUT2D eigenvalue weighted by Crippen LogP contribution is -2.00. The van der Waals surface area contributed by atoms with Crippen LogP contribution in [0.15, 0.2) is 16.7 Å². The van der Waals surface area contributed by atoms with Crippen molar-refractivity contribution in [1.29, 1.82) is 0 Å². The first-order chi connectivity index (χ1) is 8.31. The molecule has 0 atom stereocenters. The van der Waals surface area contributed by atoms with Crippen LogP contribution in [-0.2, 0) is 6.61 Å². The van der Waals surface area contributed by atoms with Gasteiger partial charge in [-0.25, -0.2) is 0 Å². The highest BCUT2D eigenvalue weighted by Gasteiger charge is 2.12. The number of ether oxygens (including phenoxy) is 1. The van der Waals surface area contributed by atoms with E-state index in [0.29, 0.717) is 24.3 Å². The standard InChI is InChI=1S/C10H11N5O2/c1-6-13-9(17-15-6)4-16-8-3-2-7-10(14-8)12-5-11-7/h2-3,11H,4-5H2,1H3,(H,12,14). The monoisotopic (exact) mass is 233 g/mol. The third-order valence-corrected chi connectivity index (χ3v) is 2.32. The molecule has 0 aromatic carbocycles. The molecule has 2 aromatic heterocycles. The van der Waals surface area contributed by atoms with Gasteiger partial charge in [0.25, 0.3) is 5.89 Å². The largest absolute Gasteiger partial charge is 0.467 e. The normalized spacial score (nSPS) is 12.8. The summed E-state index contributed by atoms with van der Waals surface area (Å²) < 4.78 is 10.4. The van der Waals surface area contributed by atoms with E-state index in [0.717, 1.165) is 11.5 Å². The summed E-state index contributed by atoms with van der Waals surface area (Å²) in [6, 6.07) is 3.71. The first-order valence-corrected chi connectivity index (χ1v) is 5.22. The van der Waals surface area contributed by atoms with Gasteiger partial charge in [0.1, 0.15) is 0 Å². The van der Waals surface area contributed by atoms with E-state index in [2.05, 4.69) is 25.8 Å². The molecule has 1 aliphatic rings. The van der Waals surface area contributed by atoms with Crippen molar-refractivity contribution >= 4 is 11.5 Å². The fourth-order valence-corrected chi connectivity index (χ4v) is 1.56. The van der Waals surface area contributed by atoms with Crippen molar-refractivity contribution < 1.29 is 9.26 Å². The van der Waals surface area contributed by atoms with Crippen molar-refractivity contribution in [3.63, 3.8) is 0 Å². The van der Waals surface area contributed by atoms with Gasteiger partial charge in [0.2, 0.25) is 5.88 Å². The molecule has 0 bridgehead atoms. The Balaban J connectivity index is 1.69. The lowest BCUT2D eigenvalue weighted by molar-refractivity contribution is 0.235. The van der Waals surface area contributed by atoms with Gasteiger partial charge in [0.15, 0.2) is 18.2 Å². The second kappa shape index (κ2) is 3.93. The third kappa shape index (κ3) is 1.99. The van der Waals surface area contributed by atoms with Crippen LogP contribution in [0, 0.1) is 6.92 Å². The highest BCUT2D eigenvalue weighted by Crippen LogP contribution is 2.26. The van der Waals surface area contributed by atoms with Gasteiger partial charge in [0.05, 0.1) is 12.4 Å². The summed E-state index contributed by atoms with van der Waals surface area (Å²) in [5, 5.41) is 9.90. The molecule has 17 heavy (non-hydrogen) atoms. The SMILES string of the molecule is Cc1noc(COc2ccc3c(n2)NCN3)n1. The highest BCUT2D eigenvalue weighted by molar-refractivity contribution is 5.69. The molecule has 88 valence electrons. The average molecular weight is 233 g/mol. The van der Waals surface area contributed by atoms with Gasteiger partial charge in [-0.3, -0.25) is 0 Å². The zero-order valence-corrected chi connectivity index (χ0v) is 9.23. The van der Waals surface area contributed by atoms with Crippen LogP contribution in [0.4, 0.5) is 11.5 Å². The Kier molecular flexibility index (Phi) is 2.28. The van der Waals surface area contributed by atoms with E-state index in [4.69, 9.17) is 9.26 Å². The zero-order chi connectivity index (χ0) is 11.7. The molecule has 1 aliphatic heterocycles. The molecule has 7 heteroatoms. The molecule has 0 fully saturated rings. The number of hydrogen-bond donors (Lipinski definition) is 2. The van der Waals surface area contributed by atoms with Gasteiger partial charge in [0, 0.05) is 6.07 Å². The Morgan fingerprint density at radius 3 is 3.12 bits per heavy atom. The fraction of sp³-hybridized carbons (Fsp3) is 0.300. The molecule has 0 amide bonds. The number of aromatic nitrogens is 3. The minimum absolute atomic E-state index is 0.222. The number of pyridine rings is 1. The summed E-state index contributed by atoms with van der Waals surface area (Å²) in [6.07, 6.45) is 0. The van der Waals surface area contributed by atoms with Gasteiger partial charge in [-0.2, -0.15) is 9.97 Å². The Morgan fingerprint density at radius 2 is 2.29 bits per heavy atom. The first-order valence-electron chi connectivity index (χ1n) is 5.22. The van der Waals surface area contributed by atoms with Crippen molar-refractivity contribution in [2.24, 2.45) is 0 Å². The zero-order valence-electron chi connectivity index (χ0n) is 9.23. The van der Waals surface area contributed by atoms with Gasteiger partial charge >= 0.3 is 0 Å². The van der Waals surface area contributed by atoms with Crippen LogP contribution >= 0.6 is 0 Å². The predicted octanol–water partition coefficient (Wildman–Crippen LogP) is 1.15. The second-order valence-electron chi connectivity index (χ2n) is 3.60. The minimum atomic E-state index is 0.222. The number of aryl methyl sites for hydroxylation is 1. The van der Waals surface area contributed by atoms with Crippen LogP contribution in [-0.4, -0.2) is 21.8 Å². The number of rotatable bonds is 3. The van der Waals surface area contributed by atoms with Crippen LogP contribution < -0.4 is 15.4 Å². The summed E-state index contributed by atoms with van der Waals surface area (Å²) in [6.45, 7) is 2.67. The molecule has 3 heterocycles. The van der Waals surface area contributed by atoms with Gasteiger partial charge in [-0.05, 0) is 13.0 Å². The smallest absolute Gasteiger partial charge is 0.264 e. The van der Waals surface area contributed by atoms with Crippen LogP contribution in [0.5, 0.6) is 5.88 Å². The third-order valence-electron chi connectivity index (χ3n) is 2.32. The molecular weight excluding hydrogens is 222 g/mol. The number of anilines is 2. The van der Waals surface area contributed by atoms with Gasteiger partial charge in [-0.15, -0.1) is 0 Å². The van der Waals surface area contributed by atoms with Crippen LogP contribution in [0.3, 0.4) is 0 Å². The second-order valence-corrected chi connectivity index (χ2v) is 3.60. The van der Waals surface area contributed by atoms with Crippen LogP contribution in [0.2, 0.25) is 0 Å². The summed E-state index contributed by atoms with van der Waals surface area (Å²) in [4.78, 5) is 8.33. The summed E-state index contributed by atoms with van der Waals surface area (Å²) in [5.74, 6) is 2.35. The van der Waals surface area contributed by atoms with E-state index >= 15 is 0 Å². The van der Waals surface area contributed by atoms with E-state index < -0.39 is 0 Å². The Morgan fingerprint density at radius 1 is 1.35 bits per heavy atom. The summed E-state index contributed by atoms with van der Waals surface area (Å²) >= 11 is 0. The Hall–Kier alpha value is -2.31. The maximum atomic E-state index is 5.46. The lowest BCUT2D eigenvalue weighted by Gasteiger charge is -2.03. The van der Waals surface area contributed by atoms with Crippen molar-refractivity contribution in [2.75, 3.05) is 17.3 Å². The Bertz CT molecular complexity index is 539. The van der Waals surface area contributed by atoms with Crippen molar-refractivity contribution in [3.05, 3.63) is 23.8 Å². The molecular formula is C10H11N5O2. The quantitative estimate of drug-likeness (QED) is 0.822. The van der Waals surface area contributed by atoms with E-state index in [9.17, 15) is 0 Å². The maximum absolute atomic E-state index is 5.46. The maximum Gasteiger partial charge on any atom is 0.264 e. The molecule has 3 rings (SSSR count). The number of nitrogens with one attached hydrogen (secondary N) is 2. The van der Waals surface area contributed by atoms with E-state index in [1.165, 1.54) is 0 Å². The van der Waals surface area contributed by atoms with E-state index in [1.54, 1.807) is 13.0 Å². The molecule has 0 saturated carbocycles.